The predicted molar refractivity (Wildman–Crippen MR) is 72.1 cm³/mol. The maximum Gasteiger partial charge on any atom is 0.134 e. The maximum absolute atomic E-state index is 12.0. The van der Waals surface area contributed by atoms with Gasteiger partial charge in [0.15, 0.2) is 0 Å². The van der Waals surface area contributed by atoms with E-state index in [0.29, 0.717) is 12.2 Å². The summed E-state index contributed by atoms with van der Waals surface area (Å²) in [5.41, 5.74) is -0.0784. The second-order valence-corrected chi connectivity index (χ2v) is 7.96. The number of carbonyl (C=O) groups excluding carboxylic acids is 1. The third-order valence-corrected chi connectivity index (χ3v) is 6.83. The zero-order chi connectivity index (χ0) is 13.1. The number of rotatable bonds is 1. The van der Waals surface area contributed by atoms with Crippen LogP contribution in [-0.2, 0) is 4.79 Å². The molecular formula is C17H23NO. The number of nitriles is 1. The number of carbonyl (C=O) groups is 1. The first-order chi connectivity index (χ1) is 9.15. The Morgan fingerprint density at radius 3 is 2.11 bits per heavy atom. The molecule has 1 unspecified atom stereocenters. The minimum Gasteiger partial charge on any atom is -0.300 e. The Bertz CT molecular complexity index is 425. The molecule has 0 amide bonds. The van der Waals surface area contributed by atoms with E-state index in [2.05, 4.69) is 6.07 Å². The molecule has 0 aromatic carbocycles. The summed E-state index contributed by atoms with van der Waals surface area (Å²) >= 11 is 0. The van der Waals surface area contributed by atoms with Gasteiger partial charge in [-0.05, 0) is 74.5 Å². The van der Waals surface area contributed by atoms with Crippen molar-refractivity contribution in [3.8, 4) is 6.07 Å². The highest BCUT2D eigenvalue weighted by molar-refractivity contribution is 5.80. The highest BCUT2D eigenvalue weighted by Gasteiger charge is 2.61. The highest BCUT2D eigenvalue weighted by atomic mass is 16.1. The van der Waals surface area contributed by atoms with E-state index < -0.39 is 0 Å². The molecule has 5 aliphatic carbocycles. The number of Topliss-reactive ketones (excluding diaryl/α,β-unsaturated/α-hetero) is 1. The van der Waals surface area contributed by atoms with Crippen LogP contribution in [0.15, 0.2) is 0 Å². The molecule has 102 valence electrons. The SMILES string of the molecule is N#CC1(C23CC4CC(CC(C4)C2)C3)CCCC(=O)C1. The summed E-state index contributed by atoms with van der Waals surface area (Å²) in [4.78, 5) is 12.0. The molecule has 2 heteroatoms. The summed E-state index contributed by atoms with van der Waals surface area (Å²) < 4.78 is 0. The average molecular weight is 257 g/mol. The molecule has 1 atom stereocenters. The number of nitrogens with zero attached hydrogens (tertiary/aromatic N) is 1. The van der Waals surface area contributed by atoms with E-state index in [9.17, 15) is 10.1 Å². The molecule has 19 heavy (non-hydrogen) atoms. The van der Waals surface area contributed by atoms with Crippen molar-refractivity contribution in [3.63, 3.8) is 0 Å². The normalized spacial score (nSPS) is 52.2. The van der Waals surface area contributed by atoms with Crippen molar-refractivity contribution in [1.82, 2.24) is 0 Å². The molecule has 5 saturated carbocycles. The van der Waals surface area contributed by atoms with Crippen LogP contribution in [0.4, 0.5) is 0 Å². The highest BCUT2D eigenvalue weighted by Crippen LogP contribution is 2.68. The first kappa shape index (κ1) is 11.9. The molecule has 0 heterocycles. The summed E-state index contributed by atoms with van der Waals surface area (Å²) in [6.45, 7) is 0. The smallest absolute Gasteiger partial charge is 0.134 e. The quantitative estimate of drug-likeness (QED) is 0.715. The van der Waals surface area contributed by atoms with Gasteiger partial charge in [0.05, 0.1) is 11.5 Å². The van der Waals surface area contributed by atoms with Crippen LogP contribution in [0.1, 0.15) is 64.2 Å². The molecule has 0 aromatic rings. The largest absolute Gasteiger partial charge is 0.300 e. The van der Waals surface area contributed by atoms with Crippen molar-refractivity contribution >= 4 is 5.78 Å². The van der Waals surface area contributed by atoms with E-state index in [1.807, 2.05) is 0 Å². The van der Waals surface area contributed by atoms with E-state index in [4.69, 9.17) is 0 Å². The Morgan fingerprint density at radius 2 is 1.63 bits per heavy atom. The van der Waals surface area contributed by atoms with Gasteiger partial charge >= 0.3 is 0 Å². The first-order valence-electron chi connectivity index (χ1n) is 8.08. The molecule has 0 aliphatic heterocycles. The summed E-state index contributed by atoms with van der Waals surface area (Å²) in [7, 11) is 0. The Kier molecular flexibility index (Phi) is 2.41. The lowest BCUT2D eigenvalue weighted by atomic mass is 9.41. The van der Waals surface area contributed by atoms with Crippen LogP contribution in [0.5, 0.6) is 0 Å². The third kappa shape index (κ3) is 1.57. The summed E-state index contributed by atoms with van der Waals surface area (Å²) in [5.74, 6) is 2.96. The van der Waals surface area contributed by atoms with E-state index in [-0.39, 0.29) is 10.8 Å². The van der Waals surface area contributed by atoms with Crippen molar-refractivity contribution in [2.24, 2.45) is 28.6 Å². The topological polar surface area (TPSA) is 40.9 Å². The maximum atomic E-state index is 12.0. The van der Waals surface area contributed by atoms with Gasteiger partial charge < -0.3 is 0 Å². The number of ketones is 1. The van der Waals surface area contributed by atoms with Gasteiger partial charge in [0.2, 0.25) is 0 Å². The number of hydrogen-bond donors (Lipinski definition) is 0. The van der Waals surface area contributed by atoms with Gasteiger partial charge in [-0.25, -0.2) is 0 Å². The Hall–Kier alpha value is -0.840. The van der Waals surface area contributed by atoms with Gasteiger partial charge in [-0.2, -0.15) is 5.26 Å². The lowest BCUT2D eigenvalue weighted by Gasteiger charge is -2.62. The molecule has 0 aromatic heterocycles. The molecular weight excluding hydrogens is 234 g/mol. The molecule has 4 bridgehead atoms. The van der Waals surface area contributed by atoms with Crippen molar-refractivity contribution in [3.05, 3.63) is 0 Å². The van der Waals surface area contributed by atoms with Crippen LogP contribution in [0.25, 0.3) is 0 Å². The fourth-order valence-corrected chi connectivity index (χ4v) is 6.46. The average Bonchev–Trinajstić information content (AvgIpc) is 2.36. The monoisotopic (exact) mass is 257 g/mol. The van der Waals surface area contributed by atoms with E-state index >= 15 is 0 Å². The minimum atomic E-state index is -0.293. The van der Waals surface area contributed by atoms with Crippen LogP contribution < -0.4 is 0 Å². The summed E-state index contributed by atoms with van der Waals surface area (Å²) in [6.07, 6.45) is 11.2. The molecule has 0 N–H and O–H groups in total. The molecule has 2 nitrogen and oxygen atoms in total. The van der Waals surface area contributed by atoms with Gasteiger partial charge in [0.1, 0.15) is 5.78 Å². The van der Waals surface area contributed by atoms with Crippen LogP contribution in [0.2, 0.25) is 0 Å². The van der Waals surface area contributed by atoms with E-state index in [1.165, 1.54) is 38.5 Å². The van der Waals surface area contributed by atoms with Gasteiger partial charge in [0, 0.05) is 12.8 Å². The second-order valence-electron chi connectivity index (χ2n) is 7.96. The molecule has 5 rings (SSSR count). The molecule has 5 aliphatic rings. The fraction of sp³-hybridized carbons (Fsp3) is 0.882. The van der Waals surface area contributed by atoms with Gasteiger partial charge in [-0.15, -0.1) is 0 Å². The first-order valence-corrected chi connectivity index (χ1v) is 8.08. The predicted octanol–water partition coefficient (Wildman–Crippen LogP) is 3.86. The minimum absolute atomic E-state index is 0.215. The molecule has 0 saturated heterocycles. The lowest BCUT2D eigenvalue weighted by molar-refractivity contribution is -0.141. The zero-order valence-electron chi connectivity index (χ0n) is 11.7. The van der Waals surface area contributed by atoms with Crippen molar-refractivity contribution in [2.75, 3.05) is 0 Å². The molecule has 0 radical (unpaired) electrons. The van der Waals surface area contributed by atoms with Crippen LogP contribution in [0, 0.1) is 39.9 Å². The van der Waals surface area contributed by atoms with Crippen molar-refractivity contribution in [2.45, 2.75) is 64.2 Å². The van der Waals surface area contributed by atoms with Crippen molar-refractivity contribution in [1.29, 1.82) is 5.26 Å². The van der Waals surface area contributed by atoms with Crippen LogP contribution >= 0.6 is 0 Å². The summed E-state index contributed by atoms with van der Waals surface area (Å²) in [5, 5.41) is 9.92. The van der Waals surface area contributed by atoms with E-state index in [1.54, 1.807) is 0 Å². The molecule has 5 fully saturated rings. The van der Waals surface area contributed by atoms with Crippen LogP contribution in [-0.4, -0.2) is 5.78 Å². The van der Waals surface area contributed by atoms with Gasteiger partial charge in [-0.3, -0.25) is 4.79 Å². The van der Waals surface area contributed by atoms with E-state index in [0.717, 1.165) is 37.0 Å². The van der Waals surface area contributed by atoms with Crippen LogP contribution in [0.3, 0.4) is 0 Å². The molecule has 0 spiro atoms. The number of hydrogen-bond acceptors (Lipinski definition) is 2. The Morgan fingerprint density at radius 1 is 1.05 bits per heavy atom. The standard InChI is InChI=1S/C17H23NO/c18-11-16(3-1-2-15(19)10-16)17-7-12-4-13(8-17)6-14(5-12)9-17/h12-14H,1-10H2. The fourth-order valence-electron chi connectivity index (χ4n) is 6.46. The lowest BCUT2D eigenvalue weighted by Crippen LogP contribution is -2.55. The third-order valence-electron chi connectivity index (χ3n) is 6.83. The van der Waals surface area contributed by atoms with Crippen molar-refractivity contribution < 1.29 is 4.79 Å². The van der Waals surface area contributed by atoms with Gasteiger partial charge in [-0.1, -0.05) is 0 Å². The summed E-state index contributed by atoms with van der Waals surface area (Å²) in [6, 6.07) is 2.68. The zero-order valence-corrected chi connectivity index (χ0v) is 11.7. The Balaban J connectivity index is 1.73. The Labute approximate surface area is 115 Å². The van der Waals surface area contributed by atoms with Gasteiger partial charge in [0.25, 0.3) is 0 Å². The second kappa shape index (κ2) is 3.84.